The second kappa shape index (κ2) is 5.95. The lowest BCUT2D eigenvalue weighted by atomic mass is 9.96. The highest BCUT2D eigenvalue weighted by molar-refractivity contribution is 5.97. The summed E-state index contributed by atoms with van der Waals surface area (Å²) >= 11 is 0. The lowest BCUT2D eigenvalue weighted by Crippen LogP contribution is -2.33. The number of carbonyl (C=O) groups excluding carboxylic acids is 1. The zero-order chi connectivity index (χ0) is 15.6. The van der Waals surface area contributed by atoms with Gasteiger partial charge in [0, 0.05) is 29.8 Å². The normalized spacial score (nSPS) is 18.9. The van der Waals surface area contributed by atoms with Crippen LogP contribution in [0.25, 0.3) is 0 Å². The van der Waals surface area contributed by atoms with Gasteiger partial charge in [0.25, 0.3) is 5.91 Å². The van der Waals surface area contributed by atoms with Crippen LogP contribution in [0.3, 0.4) is 0 Å². The number of para-hydroxylation sites is 1. The average molecular weight is 308 g/mol. The quantitative estimate of drug-likeness (QED) is 0.895. The minimum atomic E-state index is 0.00672. The molecular weight excluding hydrogens is 288 g/mol. The van der Waals surface area contributed by atoms with E-state index >= 15 is 0 Å². The van der Waals surface area contributed by atoms with Gasteiger partial charge in [0.2, 0.25) is 0 Å². The Hall–Kier alpha value is -2.49. The Morgan fingerprint density at radius 2 is 2.09 bits per heavy atom. The predicted molar refractivity (Wildman–Crippen MR) is 90.0 cm³/mol. The number of hydrogen-bond acceptors (Lipinski definition) is 3. The molecule has 0 saturated heterocycles. The summed E-state index contributed by atoms with van der Waals surface area (Å²) in [5, 5.41) is 6.57. The Morgan fingerprint density at radius 1 is 1.17 bits per heavy atom. The van der Waals surface area contributed by atoms with Crippen molar-refractivity contribution in [3.63, 3.8) is 0 Å². The van der Waals surface area contributed by atoms with Gasteiger partial charge < -0.3 is 15.4 Å². The van der Waals surface area contributed by atoms with Crippen molar-refractivity contribution >= 4 is 11.6 Å². The molecule has 2 aliphatic heterocycles. The summed E-state index contributed by atoms with van der Waals surface area (Å²) < 4.78 is 5.67. The molecule has 1 unspecified atom stereocenters. The van der Waals surface area contributed by atoms with Crippen LogP contribution in [0.15, 0.2) is 42.5 Å². The predicted octanol–water partition coefficient (Wildman–Crippen LogP) is 3.30. The highest BCUT2D eigenvalue weighted by atomic mass is 16.5. The van der Waals surface area contributed by atoms with Crippen molar-refractivity contribution in [3.05, 3.63) is 59.2 Å². The number of carbonyl (C=O) groups is 1. The molecule has 4 heteroatoms. The molecule has 4 rings (SSSR count). The molecule has 0 saturated carbocycles. The third-order valence-corrected chi connectivity index (χ3v) is 4.60. The topological polar surface area (TPSA) is 50.4 Å². The van der Waals surface area contributed by atoms with Crippen LogP contribution in [-0.2, 0) is 6.42 Å². The minimum absolute atomic E-state index is 0.00672. The maximum atomic E-state index is 12.8. The molecule has 2 aliphatic rings. The first kappa shape index (κ1) is 14.1. The Bertz CT molecular complexity index is 742. The Kier molecular flexibility index (Phi) is 3.66. The molecule has 0 spiro atoms. The van der Waals surface area contributed by atoms with Crippen LogP contribution in [0.5, 0.6) is 5.75 Å². The van der Waals surface area contributed by atoms with Crippen LogP contribution < -0.4 is 15.4 Å². The van der Waals surface area contributed by atoms with Gasteiger partial charge in [-0.2, -0.15) is 0 Å². The fraction of sp³-hybridized carbons (Fsp3) is 0.316. The number of anilines is 1. The molecule has 2 aromatic carbocycles. The van der Waals surface area contributed by atoms with E-state index in [4.69, 9.17) is 4.74 Å². The molecule has 0 fully saturated rings. The maximum absolute atomic E-state index is 12.8. The van der Waals surface area contributed by atoms with Gasteiger partial charge in [-0.15, -0.1) is 0 Å². The molecule has 2 N–H and O–H groups in total. The van der Waals surface area contributed by atoms with Gasteiger partial charge >= 0.3 is 0 Å². The Balaban J connectivity index is 1.60. The maximum Gasteiger partial charge on any atom is 0.252 e. The summed E-state index contributed by atoms with van der Waals surface area (Å²) in [6.07, 6.45) is 2.82. The van der Waals surface area contributed by atoms with Gasteiger partial charge in [-0.3, -0.25) is 4.79 Å². The number of rotatable bonds is 2. The van der Waals surface area contributed by atoms with E-state index in [0.29, 0.717) is 6.61 Å². The number of hydrogen-bond donors (Lipinski definition) is 2. The van der Waals surface area contributed by atoms with Crippen molar-refractivity contribution in [1.29, 1.82) is 0 Å². The second-order valence-electron chi connectivity index (χ2n) is 6.06. The molecule has 0 aromatic heterocycles. The van der Waals surface area contributed by atoms with Crippen molar-refractivity contribution in [2.45, 2.75) is 25.3 Å². The van der Waals surface area contributed by atoms with Gasteiger partial charge in [-0.1, -0.05) is 24.3 Å². The fourth-order valence-electron chi connectivity index (χ4n) is 3.45. The highest BCUT2D eigenvalue weighted by Gasteiger charge is 2.24. The molecular formula is C19H20N2O2. The molecule has 1 amide bonds. The van der Waals surface area contributed by atoms with E-state index < -0.39 is 0 Å². The Morgan fingerprint density at radius 3 is 3.04 bits per heavy atom. The molecule has 2 heterocycles. The van der Waals surface area contributed by atoms with Crippen LogP contribution in [0.4, 0.5) is 5.69 Å². The van der Waals surface area contributed by atoms with Crippen LogP contribution in [-0.4, -0.2) is 19.1 Å². The van der Waals surface area contributed by atoms with Crippen molar-refractivity contribution in [2.24, 2.45) is 0 Å². The highest BCUT2D eigenvalue weighted by Crippen LogP contribution is 2.32. The van der Waals surface area contributed by atoms with Crippen LogP contribution in [0.1, 0.15) is 40.4 Å². The van der Waals surface area contributed by atoms with Crippen LogP contribution in [0, 0.1) is 0 Å². The lowest BCUT2D eigenvalue weighted by molar-refractivity contribution is 0.0924. The van der Waals surface area contributed by atoms with E-state index in [2.05, 4.69) is 16.7 Å². The molecule has 2 aromatic rings. The van der Waals surface area contributed by atoms with Gasteiger partial charge in [-0.05, 0) is 36.6 Å². The lowest BCUT2D eigenvalue weighted by Gasteiger charge is -2.27. The third kappa shape index (κ3) is 2.65. The first-order chi connectivity index (χ1) is 11.3. The van der Waals surface area contributed by atoms with Gasteiger partial charge in [-0.25, -0.2) is 0 Å². The molecule has 1 atom stereocenters. The largest absolute Gasteiger partial charge is 0.493 e. The zero-order valence-electron chi connectivity index (χ0n) is 13.0. The molecule has 4 nitrogen and oxygen atoms in total. The molecule has 0 radical (unpaired) electrons. The van der Waals surface area contributed by atoms with Gasteiger partial charge in [0.05, 0.1) is 12.6 Å². The van der Waals surface area contributed by atoms with Gasteiger partial charge in [0.15, 0.2) is 0 Å². The van der Waals surface area contributed by atoms with Crippen molar-refractivity contribution in [3.8, 4) is 5.75 Å². The average Bonchev–Trinajstić information content (AvgIpc) is 2.61. The zero-order valence-corrected chi connectivity index (χ0v) is 13.0. The summed E-state index contributed by atoms with van der Waals surface area (Å²) in [5.41, 5.74) is 4.08. The monoisotopic (exact) mass is 308 g/mol. The molecule has 23 heavy (non-hydrogen) atoms. The van der Waals surface area contributed by atoms with Crippen LogP contribution >= 0.6 is 0 Å². The number of benzene rings is 2. The summed E-state index contributed by atoms with van der Waals surface area (Å²) in [6, 6.07) is 13.9. The number of amides is 1. The summed E-state index contributed by atoms with van der Waals surface area (Å²) in [5.74, 6) is 0.882. The molecule has 118 valence electrons. The number of nitrogens with one attached hydrogen (secondary N) is 2. The summed E-state index contributed by atoms with van der Waals surface area (Å²) in [6.45, 7) is 1.61. The van der Waals surface area contributed by atoms with Crippen molar-refractivity contribution in [2.75, 3.05) is 18.5 Å². The number of fused-ring (bicyclic) bond motifs is 2. The fourth-order valence-corrected chi connectivity index (χ4v) is 3.45. The Labute approximate surface area is 135 Å². The first-order valence-corrected chi connectivity index (χ1v) is 8.21. The minimum Gasteiger partial charge on any atom is -0.493 e. The summed E-state index contributed by atoms with van der Waals surface area (Å²) in [4.78, 5) is 12.8. The smallest absolute Gasteiger partial charge is 0.252 e. The van der Waals surface area contributed by atoms with E-state index in [-0.39, 0.29) is 11.9 Å². The van der Waals surface area contributed by atoms with E-state index in [1.807, 2.05) is 36.4 Å². The summed E-state index contributed by atoms with van der Waals surface area (Å²) in [7, 11) is 0. The third-order valence-electron chi connectivity index (χ3n) is 4.60. The van der Waals surface area contributed by atoms with E-state index in [0.717, 1.165) is 53.9 Å². The van der Waals surface area contributed by atoms with Gasteiger partial charge in [0.1, 0.15) is 5.75 Å². The van der Waals surface area contributed by atoms with Crippen molar-refractivity contribution in [1.82, 2.24) is 5.32 Å². The first-order valence-electron chi connectivity index (χ1n) is 8.21. The number of ether oxygens (including phenoxy) is 1. The molecule has 0 aliphatic carbocycles. The van der Waals surface area contributed by atoms with E-state index in [1.165, 1.54) is 0 Å². The second-order valence-corrected chi connectivity index (χ2v) is 6.06. The SMILES string of the molecule is O=C(NC1CCOc2ccccc21)c1cccc2c1CCCN2. The van der Waals surface area contributed by atoms with E-state index in [9.17, 15) is 4.79 Å². The molecule has 0 bridgehead atoms. The standard InChI is InChI=1S/C19H20N2O2/c22-19(14-6-3-8-16-13(14)7-4-11-20-16)21-17-10-12-23-18-9-2-1-5-15(17)18/h1-3,5-6,8-9,17,20H,4,7,10-12H2,(H,21,22). The van der Waals surface area contributed by atoms with Crippen molar-refractivity contribution < 1.29 is 9.53 Å². The van der Waals surface area contributed by atoms with E-state index in [1.54, 1.807) is 0 Å². The van der Waals surface area contributed by atoms with Crippen LogP contribution in [0.2, 0.25) is 0 Å².